The maximum atomic E-state index is 12.2. The number of rotatable bonds is 5. The van der Waals surface area contributed by atoms with Crippen molar-refractivity contribution in [2.24, 2.45) is 0 Å². The van der Waals surface area contributed by atoms with E-state index in [0.29, 0.717) is 23.7 Å². The lowest BCUT2D eigenvalue weighted by Gasteiger charge is -2.31. The summed E-state index contributed by atoms with van der Waals surface area (Å²) in [7, 11) is 0. The molecular formula is C17H19N3O5S. The van der Waals surface area contributed by atoms with Gasteiger partial charge in [0.1, 0.15) is 11.9 Å². The monoisotopic (exact) mass is 377 g/mol. The first kappa shape index (κ1) is 18.2. The van der Waals surface area contributed by atoms with Crippen LogP contribution in [0.1, 0.15) is 17.9 Å². The van der Waals surface area contributed by atoms with Crippen LogP contribution in [0.15, 0.2) is 34.9 Å². The number of hydrogen-bond acceptors (Lipinski definition) is 6. The molecule has 2 aromatic rings. The number of urea groups is 1. The molecule has 9 heteroatoms. The van der Waals surface area contributed by atoms with E-state index in [1.807, 2.05) is 12.1 Å². The summed E-state index contributed by atoms with van der Waals surface area (Å²) >= 11 is 1.35. The quantitative estimate of drug-likeness (QED) is 0.768. The number of likely N-dealkylation sites (N-methyl/N-ethyl adjacent to an activating group) is 1. The Kier molecular flexibility index (Phi) is 5.38. The number of nitrogens with zero attached hydrogens (tertiary/aromatic N) is 2. The van der Waals surface area contributed by atoms with E-state index in [4.69, 9.17) is 4.42 Å². The molecule has 1 saturated heterocycles. The van der Waals surface area contributed by atoms with Crippen molar-refractivity contribution < 1.29 is 23.9 Å². The zero-order chi connectivity index (χ0) is 18.7. The number of carbonyl (C=O) groups excluding carboxylic acids is 3. The maximum Gasteiger partial charge on any atom is 0.324 e. The van der Waals surface area contributed by atoms with Gasteiger partial charge in [-0.15, -0.1) is 11.3 Å². The second-order valence-corrected chi connectivity index (χ2v) is 6.84. The highest BCUT2D eigenvalue weighted by Crippen LogP contribution is 2.31. The molecule has 8 nitrogen and oxygen atoms in total. The second-order valence-electron chi connectivity index (χ2n) is 5.72. The van der Waals surface area contributed by atoms with Crippen LogP contribution in [-0.2, 0) is 9.59 Å². The Hall–Kier alpha value is -2.65. The van der Waals surface area contributed by atoms with Crippen molar-refractivity contribution in [1.82, 2.24) is 15.1 Å². The smallest absolute Gasteiger partial charge is 0.324 e. The molecule has 3 heterocycles. The normalized spacial score (nSPS) is 16.1. The van der Waals surface area contributed by atoms with Gasteiger partial charge in [0.2, 0.25) is 0 Å². The van der Waals surface area contributed by atoms with Gasteiger partial charge in [-0.3, -0.25) is 14.5 Å². The van der Waals surface area contributed by atoms with Gasteiger partial charge in [0.05, 0.1) is 17.7 Å². The molecule has 138 valence electrons. The molecule has 0 bridgehead atoms. The highest BCUT2D eigenvalue weighted by atomic mass is 32.1. The Labute approximate surface area is 154 Å². The number of hydrogen-bond donors (Lipinski definition) is 2. The molecule has 4 amide bonds. The summed E-state index contributed by atoms with van der Waals surface area (Å²) in [5, 5.41) is 12.8. The van der Waals surface area contributed by atoms with Crippen LogP contribution in [0, 0.1) is 0 Å². The summed E-state index contributed by atoms with van der Waals surface area (Å²) in [6.07, 6.45) is 0.650. The maximum absolute atomic E-state index is 12.2. The first-order valence-electron chi connectivity index (χ1n) is 8.21. The van der Waals surface area contributed by atoms with Gasteiger partial charge in [0.25, 0.3) is 0 Å². The van der Waals surface area contributed by atoms with Crippen molar-refractivity contribution in [2.45, 2.75) is 13.0 Å². The first-order valence-corrected chi connectivity index (χ1v) is 9.03. The number of aliphatic hydroxyl groups excluding tert-OH is 1. The molecular weight excluding hydrogens is 358 g/mol. The average molecular weight is 377 g/mol. The zero-order valence-corrected chi connectivity index (χ0v) is 15.0. The second kappa shape index (κ2) is 7.71. The molecule has 1 fully saturated rings. The molecule has 26 heavy (non-hydrogen) atoms. The molecule has 1 aliphatic heterocycles. The van der Waals surface area contributed by atoms with Crippen molar-refractivity contribution in [3.05, 3.63) is 35.4 Å². The van der Waals surface area contributed by atoms with E-state index >= 15 is 0 Å². The molecule has 1 aliphatic rings. The van der Waals surface area contributed by atoms with Crippen LogP contribution in [0.4, 0.5) is 4.79 Å². The van der Waals surface area contributed by atoms with Gasteiger partial charge in [-0.25, -0.2) is 4.79 Å². The van der Waals surface area contributed by atoms with Crippen LogP contribution in [0.25, 0.3) is 10.6 Å². The van der Waals surface area contributed by atoms with Crippen molar-refractivity contribution in [3.8, 4) is 10.6 Å². The van der Waals surface area contributed by atoms with Gasteiger partial charge < -0.3 is 19.7 Å². The van der Waals surface area contributed by atoms with E-state index in [9.17, 15) is 19.5 Å². The molecule has 2 aromatic heterocycles. The summed E-state index contributed by atoms with van der Waals surface area (Å²) in [5.41, 5.74) is 0. The lowest BCUT2D eigenvalue weighted by molar-refractivity contribution is -0.153. The third-order valence-corrected chi connectivity index (χ3v) is 5.30. The van der Waals surface area contributed by atoms with Crippen molar-refractivity contribution in [3.63, 3.8) is 0 Å². The predicted molar refractivity (Wildman–Crippen MR) is 94.3 cm³/mol. The zero-order valence-electron chi connectivity index (χ0n) is 14.2. The lowest BCUT2D eigenvalue weighted by atomic mass is 10.2. The van der Waals surface area contributed by atoms with E-state index in [-0.39, 0.29) is 13.1 Å². The fraction of sp³-hybridized carbons (Fsp3) is 0.353. The Morgan fingerprint density at radius 3 is 2.81 bits per heavy atom. The number of furan rings is 1. The van der Waals surface area contributed by atoms with Gasteiger partial charge in [-0.05, 0) is 31.2 Å². The highest BCUT2D eigenvalue weighted by molar-refractivity contribution is 7.15. The standard InChI is InChI=1S/C17H19N3O5S/c1-2-19-7-8-20(16(23)15(19)22)17(24)18-10-11(21)13-5-6-14(26-13)12-4-3-9-25-12/h3-6,9,11,21H,2,7-8,10H2,1H3,(H,18,24). The number of thiophene rings is 1. The largest absolute Gasteiger partial charge is 0.464 e. The Balaban J connectivity index is 1.56. The Morgan fingerprint density at radius 1 is 1.31 bits per heavy atom. The summed E-state index contributed by atoms with van der Waals surface area (Å²) in [5.74, 6) is -0.826. The molecule has 0 aliphatic carbocycles. The van der Waals surface area contributed by atoms with Crippen LogP contribution in [-0.4, -0.2) is 58.9 Å². The average Bonchev–Trinajstić information content (AvgIpc) is 3.32. The van der Waals surface area contributed by atoms with Crippen molar-refractivity contribution in [1.29, 1.82) is 0 Å². The van der Waals surface area contributed by atoms with Crippen LogP contribution < -0.4 is 5.32 Å². The minimum atomic E-state index is -0.921. The van der Waals surface area contributed by atoms with Crippen LogP contribution in [0.2, 0.25) is 0 Å². The minimum Gasteiger partial charge on any atom is -0.464 e. The predicted octanol–water partition coefficient (Wildman–Crippen LogP) is 1.44. The summed E-state index contributed by atoms with van der Waals surface area (Å²) in [4.78, 5) is 39.8. The van der Waals surface area contributed by atoms with Gasteiger partial charge in [0.15, 0.2) is 0 Å². The summed E-state index contributed by atoms with van der Waals surface area (Å²) < 4.78 is 5.31. The van der Waals surface area contributed by atoms with E-state index in [1.165, 1.54) is 16.2 Å². The number of nitrogens with one attached hydrogen (secondary N) is 1. The molecule has 0 aromatic carbocycles. The van der Waals surface area contributed by atoms with Gasteiger partial charge in [-0.1, -0.05) is 0 Å². The highest BCUT2D eigenvalue weighted by Gasteiger charge is 2.35. The SMILES string of the molecule is CCN1CCN(C(=O)NCC(O)c2ccc(-c3ccco3)s2)C(=O)C1=O. The first-order chi connectivity index (χ1) is 12.5. The van der Waals surface area contributed by atoms with Crippen molar-refractivity contribution >= 4 is 29.2 Å². The number of aliphatic hydroxyl groups is 1. The Morgan fingerprint density at radius 2 is 2.12 bits per heavy atom. The molecule has 0 spiro atoms. The third-order valence-electron chi connectivity index (χ3n) is 4.10. The van der Waals surface area contributed by atoms with E-state index in [2.05, 4.69) is 5.32 Å². The van der Waals surface area contributed by atoms with Crippen LogP contribution >= 0.6 is 11.3 Å². The minimum absolute atomic E-state index is 0.0631. The number of piperazine rings is 1. The van der Waals surface area contributed by atoms with E-state index in [1.54, 1.807) is 25.3 Å². The molecule has 2 N–H and O–H groups in total. The topological polar surface area (TPSA) is 103 Å². The fourth-order valence-electron chi connectivity index (χ4n) is 2.63. The molecule has 0 saturated carbocycles. The van der Waals surface area contributed by atoms with Gasteiger partial charge >= 0.3 is 17.8 Å². The van der Waals surface area contributed by atoms with E-state index < -0.39 is 23.9 Å². The number of imide groups is 1. The number of amides is 4. The lowest BCUT2D eigenvalue weighted by Crippen LogP contribution is -2.58. The Bertz CT molecular complexity index is 801. The van der Waals surface area contributed by atoms with Gasteiger partial charge in [0, 0.05) is 24.5 Å². The van der Waals surface area contributed by atoms with Gasteiger partial charge in [-0.2, -0.15) is 0 Å². The van der Waals surface area contributed by atoms with Crippen molar-refractivity contribution in [2.75, 3.05) is 26.2 Å². The van der Waals surface area contributed by atoms with E-state index in [0.717, 1.165) is 9.78 Å². The summed E-state index contributed by atoms with van der Waals surface area (Å²) in [6.45, 7) is 2.59. The summed E-state index contributed by atoms with van der Waals surface area (Å²) in [6, 6.07) is 6.51. The molecule has 0 radical (unpaired) electrons. The number of carbonyl (C=O) groups is 3. The fourth-order valence-corrected chi connectivity index (χ4v) is 3.60. The third kappa shape index (κ3) is 3.63. The molecule has 1 unspecified atom stereocenters. The molecule has 3 rings (SSSR count). The molecule has 1 atom stereocenters. The van der Waals surface area contributed by atoms with Crippen LogP contribution in [0.3, 0.4) is 0 Å². The van der Waals surface area contributed by atoms with Crippen LogP contribution in [0.5, 0.6) is 0 Å².